The van der Waals surface area contributed by atoms with Crippen molar-refractivity contribution in [1.29, 1.82) is 0 Å². The Bertz CT molecular complexity index is 756. The minimum Gasteiger partial charge on any atom is -0.497 e. The van der Waals surface area contributed by atoms with Gasteiger partial charge in [-0.05, 0) is 43.5 Å². The van der Waals surface area contributed by atoms with Crippen LogP contribution in [0.15, 0.2) is 24.3 Å². The molecule has 0 radical (unpaired) electrons. The number of benzene rings is 1. The van der Waals surface area contributed by atoms with Crippen LogP contribution in [0.4, 0.5) is 0 Å². The number of primary sulfonamides is 1. The zero-order chi connectivity index (χ0) is 24.0. The van der Waals surface area contributed by atoms with Gasteiger partial charge in [-0.1, -0.05) is 64.7 Å². The van der Waals surface area contributed by atoms with Crippen LogP contribution in [0.5, 0.6) is 5.75 Å². The SMILES string of the molecule is CCCCCCCCCCCC(CCC(Cl)C(Cl)C(=O)c1ccc(OC)cc1)S(N)(=O)=O. The van der Waals surface area contributed by atoms with Crippen LogP contribution in [-0.4, -0.2) is 37.3 Å². The summed E-state index contributed by atoms with van der Waals surface area (Å²) >= 11 is 12.7. The van der Waals surface area contributed by atoms with Crippen LogP contribution in [0, 0.1) is 0 Å². The fourth-order valence-electron chi connectivity index (χ4n) is 3.73. The highest BCUT2D eigenvalue weighted by atomic mass is 35.5. The van der Waals surface area contributed by atoms with Crippen LogP contribution < -0.4 is 9.88 Å². The lowest BCUT2D eigenvalue weighted by molar-refractivity contribution is 0.0984. The van der Waals surface area contributed by atoms with Gasteiger partial charge in [-0.2, -0.15) is 0 Å². The molecule has 0 heterocycles. The molecule has 0 aliphatic heterocycles. The van der Waals surface area contributed by atoms with Gasteiger partial charge in [-0.25, -0.2) is 13.6 Å². The van der Waals surface area contributed by atoms with Gasteiger partial charge >= 0.3 is 0 Å². The Morgan fingerprint density at radius 3 is 1.94 bits per heavy atom. The monoisotopic (exact) mass is 507 g/mol. The van der Waals surface area contributed by atoms with Crippen molar-refractivity contribution in [2.75, 3.05) is 7.11 Å². The number of rotatable bonds is 18. The molecule has 3 unspecified atom stereocenters. The van der Waals surface area contributed by atoms with E-state index in [1.807, 2.05) is 0 Å². The molecule has 32 heavy (non-hydrogen) atoms. The molecular formula is C24H39Cl2NO4S. The van der Waals surface area contributed by atoms with Crippen molar-refractivity contribution in [2.45, 2.75) is 100.0 Å². The first-order chi connectivity index (χ1) is 15.2. The van der Waals surface area contributed by atoms with Gasteiger partial charge in [-0.3, -0.25) is 4.79 Å². The van der Waals surface area contributed by atoms with Gasteiger partial charge in [0.15, 0.2) is 5.78 Å². The minimum atomic E-state index is -3.67. The Balaban J connectivity index is 2.43. The summed E-state index contributed by atoms with van der Waals surface area (Å²) in [6.07, 6.45) is 11.6. The predicted molar refractivity (Wildman–Crippen MR) is 135 cm³/mol. The molecule has 2 N–H and O–H groups in total. The lowest BCUT2D eigenvalue weighted by atomic mass is 10.0. The maximum Gasteiger partial charge on any atom is 0.211 e. The summed E-state index contributed by atoms with van der Waals surface area (Å²) in [5.74, 6) is 0.350. The third-order valence-corrected chi connectivity index (χ3v) is 8.30. The first-order valence-corrected chi connectivity index (χ1v) is 14.2. The number of ketones is 1. The van der Waals surface area contributed by atoms with Crippen LogP contribution in [-0.2, 0) is 10.0 Å². The van der Waals surface area contributed by atoms with Crippen molar-refractivity contribution in [3.63, 3.8) is 0 Å². The Hall–Kier alpha value is -0.820. The topological polar surface area (TPSA) is 86.5 Å². The normalized spacial score (nSPS) is 14.7. The average molecular weight is 509 g/mol. The lowest BCUT2D eigenvalue weighted by Gasteiger charge is -2.19. The van der Waals surface area contributed by atoms with E-state index in [4.69, 9.17) is 33.1 Å². The van der Waals surface area contributed by atoms with E-state index in [1.165, 1.54) is 38.5 Å². The van der Waals surface area contributed by atoms with Gasteiger partial charge in [0.25, 0.3) is 0 Å². The molecule has 3 atom stereocenters. The highest BCUT2D eigenvalue weighted by molar-refractivity contribution is 7.89. The highest BCUT2D eigenvalue weighted by Crippen LogP contribution is 2.25. The molecule has 1 aromatic rings. The second kappa shape index (κ2) is 15.9. The number of ether oxygens (including phenoxy) is 1. The smallest absolute Gasteiger partial charge is 0.211 e. The first kappa shape index (κ1) is 29.2. The number of hydrogen-bond acceptors (Lipinski definition) is 4. The number of alkyl halides is 2. The summed E-state index contributed by atoms with van der Waals surface area (Å²) in [4.78, 5) is 12.6. The fraction of sp³-hybridized carbons (Fsp3) is 0.708. The Morgan fingerprint density at radius 2 is 1.44 bits per heavy atom. The van der Waals surface area contributed by atoms with Crippen molar-refractivity contribution >= 4 is 39.0 Å². The molecule has 184 valence electrons. The number of nitrogens with two attached hydrogens (primary N) is 1. The first-order valence-electron chi connectivity index (χ1n) is 11.7. The van der Waals surface area contributed by atoms with Crippen LogP contribution >= 0.6 is 23.2 Å². The van der Waals surface area contributed by atoms with E-state index < -0.39 is 26.0 Å². The van der Waals surface area contributed by atoms with E-state index in [2.05, 4.69) is 6.92 Å². The van der Waals surface area contributed by atoms with Gasteiger partial charge < -0.3 is 4.74 Å². The van der Waals surface area contributed by atoms with Crippen molar-refractivity contribution in [3.05, 3.63) is 29.8 Å². The molecule has 0 aliphatic carbocycles. The third kappa shape index (κ3) is 11.4. The fourth-order valence-corrected chi connectivity index (χ4v) is 5.18. The number of halogens is 2. The third-order valence-electron chi connectivity index (χ3n) is 5.80. The van der Waals surface area contributed by atoms with Crippen LogP contribution in [0.25, 0.3) is 0 Å². The molecule has 0 aliphatic rings. The summed E-state index contributed by atoms with van der Waals surface area (Å²) in [6, 6.07) is 6.64. The van der Waals surface area contributed by atoms with Crippen molar-refractivity contribution < 1.29 is 17.9 Å². The number of unbranched alkanes of at least 4 members (excludes halogenated alkanes) is 8. The van der Waals surface area contributed by atoms with Crippen molar-refractivity contribution in [2.24, 2.45) is 5.14 Å². The predicted octanol–water partition coefficient (Wildman–Crippen LogP) is 6.45. The van der Waals surface area contributed by atoms with Gasteiger partial charge in [0.05, 0.1) is 17.7 Å². The van der Waals surface area contributed by atoms with E-state index in [9.17, 15) is 13.2 Å². The molecule has 8 heteroatoms. The second-order valence-corrected chi connectivity index (χ2v) is 11.3. The highest BCUT2D eigenvalue weighted by Gasteiger charge is 2.28. The van der Waals surface area contributed by atoms with E-state index in [0.29, 0.717) is 30.6 Å². The molecular weight excluding hydrogens is 469 g/mol. The van der Waals surface area contributed by atoms with Crippen LogP contribution in [0.1, 0.15) is 94.3 Å². The summed E-state index contributed by atoms with van der Waals surface area (Å²) in [5, 5.41) is 3.16. The van der Waals surface area contributed by atoms with Crippen LogP contribution in [0.3, 0.4) is 0 Å². The molecule has 1 aromatic carbocycles. The van der Waals surface area contributed by atoms with Crippen LogP contribution in [0.2, 0.25) is 0 Å². The molecule has 0 bridgehead atoms. The zero-order valence-corrected chi connectivity index (χ0v) is 21.7. The Morgan fingerprint density at radius 1 is 0.906 bits per heavy atom. The van der Waals surface area contributed by atoms with Gasteiger partial charge in [-0.15, -0.1) is 23.2 Å². The molecule has 1 rings (SSSR count). The van der Waals surface area contributed by atoms with Crippen molar-refractivity contribution in [1.82, 2.24) is 0 Å². The number of methoxy groups -OCH3 is 1. The maximum atomic E-state index is 12.6. The van der Waals surface area contributed by atoms with E-state index in [-0.39, 0.29) is 5.78 Å². The minimum absolute atomic E-state index is 0.291. The summed E-state index contributed by atoms with van der Waals surface area (Å²) in [7, 11) is -2.13. The largest absolute Gasteiger partial charge is 0.497 e. The number of carbonyl (C=O) groups is 1. The number of carbonyl (C=O) groups excluding carboxylic acids is 1. The molecule has 0 spiro atoms. The Kier molecular flexibility index (Phi) is 14.5. The molecule has 0 aromatic heterocycles. The molecule has 0 fully saturated rings. The van der Waals surface area contributed by atoms with E-state index in [1.54, 1.807) is 31.4 Å². The standard InChI is InChI=1S/C24H39Cl2NO4S/c1-3-4-5-6-7-8-9-10-11-12-21(32(27,29)30)17-18-22(25)23(26)24(28)19-13-15-20(31-2)16-14-19/h13-16,21-23H,3-12,17-18H2,1-2H3,(H2,27,29,30). The lowest BCUT2D eigenvalue weighted by Crippen LogP contribution is -2.31. The zero-order valence-electron chi connectivity index (χ0n) is 19.4. The maximum absolute atomic E-state index is 12.6. The average Bonchev–Trinajstić information content (AvgIpc) is 2.77. The van der Waals surface area contributed by atoms with E-state index in [0.717, 1.165) is 19.3 Å². The molecule has 0 amide bonds. The van der Waals surface area contributed by atoms with Gasteiger partial charge in [0.2, 0.25) is 10.0 Å². The summed E-state index contributed by atoms with van der Waals surface area (Å²) in [5.41, 5.74) is 0.439. The molecule has 0 saturated carbocycles. The number of sulfonamides is 1. The second-order valence-electron chi connectivity index (χ2n) is 8.42. The number of Topliss-reactive ketones (excluding diaryl/α,β-unsaturated/α-hetero) is 1. The van der Waals surface area contributed by atoms with Gasteiger partial charge in [0, 0.05) is 5.56 Å². The number of hydrogen-bond donors (Lipinski definition) is 1. The molecule has 0 saturated heterocycles. The Labute approximate surface area is 204 Å². The quantitative estimate of drug-likeness (QED) is 0.140. The summed E-state index contributed by atoms with van der Waals surface area (Å²) < 4.78 is 29.1. The van der Waals surface area contributed by atoms with E-state index >= 15 is 0 Å². The van der Waals surface area contributed by atoms with Gasteiger partial charge in [0.1, 0.15) is 11.1 Å². The summed E-state index contributed by atoms with van der Waals surface area (Å²) in [6.45, 7) is 2.21. The molecule has 5 nitrogen and oxygen atoms in total. The van der Waals surface area contributed by atoms with Crippen molar-refractivity contribution in [3.8, 4) is 5.75 Å².